The summed E-state index contributed by atoms with van der Waals surface area (Å²) in [7, 11) is 0. The first kappa shape index (κ1) is 15.4. The zero-order valence-corrected chi connectivity index (χ0v) is 12.9. The lowest BCUT2D eigenvalue weighted by Gasteiger charge is -2.14. The second kappa shape index (κ2) is 6.21. The minimum atomic E-state index is -0.515. The van der Waals surface area contributed by atoms with Crippen LogP contribution in [0.4, 0.5) is 10.5 Å². The highest BCUT2D eigenvalue weighted by Crippen LogP contribution is 2.29. The number of nitro benzene ring substituents is 1. The Hall–Kier alpha value is -1.96. The number of benzene rings is 1. The van der Waals surface area contributed by atoms with Gasteiger partial charge in [0.15, 0.2) is 0 Å². The van der Waals surface area contributed by atoms with Crippen LogP contribution in [-0.2, 0) is 11.3 Å². The van der Waals surface area contributed by atoms with Crippen LogP contribution < -0.4 is 5.32 Å². The predicted octanol–water partition coefficient (Wildman–Crippen LogP) is 2.58. The SMILES string of the molecule is CCCC1NC(=O)N(Cc2cccc([N+](=O)[O-])c2Br)C1=O. The van der Waals surface area contributed by atoms with E-state index in [1.807, 2.05) is 6.92 Å². The standard InChI is InChI=1S/C13H14BrN3O4/c1-2-4-9-12(18)16(13(19)15-9)7-8-5-3-6-10(11(8)14)17(20)21/h3,5-6,9H,2,4,7H2,1H3,(H,15,19). The van der Waals surface area contributed by atoms with E-state index >= 15 is 0 Å². The van der Waals surface area contributed by atoms with Crippen molar-refractivity contribution in [3.63, 3.8) is 0 Å². The lowest BCUT2D eigenvalue weighted by Crippen LogP contribution is -2.31. The van der Waals surface area contributed by atoms with Crippen LogP contribution in [0.3, 0.4) is 0 Å². The summed E-state index contributed by atoms with van der Waals surface area (Å²) in [5, 5.41) is 13.5. The van der Waals surface area contributed by atoms with Gasteiger partial charge >= 0.3 is 6.03 Å². The first-order chi connectivity index (χ1) is 9.95. The molecular formula is C13H14BrN3O4. The molecule has 1 aliphatic heterocycles. The molecule has 0 radical (unpaired) electrons. The van der Waals surface area contributed by atoms with Gasteiger partial charge in [0.05, 0.1) is 11.5 Å². The Morgan fingerprint density at radius 3 is 2.76 bits per heavy atom. The molecule has 21 heavy (non-hydrogen) atoms. The average Bonchev–Trinajstić information content (AvgIpc) is 2.69. The molecule has 8 heteroatoms. The molecule has 1 N–H and O–H groups in total. The number of carbonyl (C=O) groups is 2. The molecule has 2 rings (SSSR count). The zero-order valence-electron chi connectivity index (χ0n) is 11.3. The highest BCUT2D eigenvalue weighted by atomic mass is 79.9. The number of hydrogen-bond acceptors (Lipinski definition) is 4. The maximum absolute atomic E-state index is 12.1. The van der Waals surface area contributed by atoms with Crippen LogP contribution in [0.2, 0.25) is 0 Å². The largest absolute Gasteiger partial charge is 0.326 e. The van der Waals surface area contributed by atoms with Crippen LogP contribution >= 0.6 is 15.9 Å². The van der Waals surface area contributed by atoms with Crippen LogP contribution in [0.25, 0.3) is 0 Å². The van der Waals surface area contributed by atoms with Crippen molar-refractivity contribution in [3.05, 3.63) is 38.3 Å². The molecule has 1 unspecified atom stereocenters. The minimum absolute atomic E-state index is 0.00709. The van der Waals surface area contributed by atoms with Gasteiger partial charge in [-0.25, -0.2) is 4.79 Å². The average molecular weight is 356 g/mol. The molecule has 0 spiro atoms. The molecule has 0 aromatic heterocycles. The lowest BCUT2D eigenvalue weighted by atomic mass is 10.1. The van der Waals surface area contributed by atoms with Crippen molar-refractivity contribution >= 4 is 33.6 Å². The van der Waals surface area contributed by atoms with Gasteiger partial charge in [-0.05, 0) is 27.9 Å². The number of urea groups is 1. The molecule has 1 aromatic rings. The van der Waals surface area contributed by atoms with Crippen molar-refractivity contribution in [1.29, 1.82) is 0 Å². The third kappa shape index (κ3) is 3.05. The van der Waals surface area contributed by atoms with Gasteiger partial charge in [0.2, 0.25) is 0 Å². The Labute approximate surface area is 129 Å². The van der Waals surface area contributed by atoms with E-state index in [9.17, 15) is 19.7 Å². The van der Waals surface area contributed by atoms with E-state index in [1.165, 1.54) is 12.1 Å². The summed E-state index contributed by atoms with van der Waals surface area (Å²) < 4.78 is 0.287. The predicted molar refractivity (Wildman–Crippen MR) is 78.6 cm³/mol. The molecular weight excluding hydrogens is 342 g/mol. The highest BCUT2D eigenvalue weighted by Gasteiger charge is 2.37. The number of amides is 3. The van der Waals surface area contributed by atoms with Crippen LogP contribution in [-0.4, -0.2) is 27.8 Å². The minimum Gasteiger partial charge on any atom is -0.326 e. The van der Waals surface area contributed by atoms with Crippen molar-refractivity contribution in [2.75, 3.05) is 0 Å². The normalized spacial score (nSPS) is 18.0. The smallest absolute Gasteiger partial charge is 0.325 e. The molecule has 0 bridgehead atoms. The van der Waals surface area contributed by atoms with Crippen LogP contribution in [0.5, 0.6) is 0 Å². The van der Waals surface area contributed by atoms with Gasteiger partial charge in [0, 0.05) is 6.07 Å². The number of carbonyl (C=O) groups excluding carboxylic acids is 2. The maximum atomic E-state index is 12.1. The second-order valence-electron chi connectivity index (χ2n) is 4.72. The van der Waals surface area contributed by atoms with Crippen LogP contribution in [0.1, 0.15) is 25.3 Å². The molecule has 0 aliphatic carbocycles. The molecule has 7 nitrogen and oxygen atoms in total. The van der Waals surface area contributed by atoms with E-state index in [2.05, 4.69) is 21.2 Å². The van der Waals surface area contributed by atoms with Crippen molar-refractivity contribution in [2.24, 2.45) is 0 Å². The van der Waals surface area contributed by atoms with Crippen molar-refractivity contribution in [2.45, 2.75) is 32.4 Å². The molecule has 3 amide bonds. The summed E-state index contributed by atoms with van der Waals surface area (Å²) in [6, 6.07) is 3.57. The molecule has 1 aliphatic rings. The zero-order chi connectivity index (χ0) is 15.6. The van der Waals surface area contributed by atoms with E-state index < -0.39 is 17.0 Å². The number of halogens is 1. The van der Waals surface area contributed by atoms with Gasteiger partial charge in [0.25, 0.3) is 11.6 Å². The lowest BCUT2D eigenvalue weighted by molar-refractivity contribution is -0.385. The Morgan fingerprint density at radius 1 is 1.43 bits per heavy atom. The molecule has 1 aromatic carbocycles. The van der Waals surface area contributed by atoms with Gasteiger partial charge in [0.1, 0.15) is 10.5 Å². The Balaban J connectivity index is 2.23. The second-order valence-corrected chi connectivity index (χ2v) is 5.52. The monoisotopic (exact) mass is 355 g/mol. The Kier molecular flexibility index (Phi) is 4.56. The number of nitrogens with one attached hydrogen (secondary N) is 1. The molecule has 0 saturated carbocycles. The number of imide groups is 1. The number of nitrogens with zero attached hydrogens (tertiary/aromatic N) is 2. The summed E-state index contributed by atoms with van der Waals surface area (Å²) in [4.78, 5) is 35.4. The summed E-state index contributed by atoms with van der Waals surface area (Å²) in [5.74, 6) is -0.291. The fraction of sp³-hybridized carbons (Fsp3) is 0.385. The molecule has 1 saturated heterocycles. The Bertz CT molecular complexity index is 605. The third-order valence-corrected chi connectivity index (χ3v) is 4.18. The van der Waals surface area contributed by atoms with Gasteiger partial charge in [-0.3, -0.25) is 19.8 Å². The van der Waals surface area contributed by atoms with Gasteiger partial charge in [-0.1, -0.05) is 25.5 Å². The quantitative estimate of drug-likeness (QED) is 0.499. The fourth-order valence-electron chi connectivity index (χ4n) is 2.21. The van der Waals surface area contributed by atoms with Crippen LogP contribution in [0.15, 0.2) is 22.7 Å². The van der Waals surface area contributed by atoms with Gasteiger partial charge < -0.3 is 5.32 Å². The molecule has 1 heterocycles. The van der Waals surface area contributed by atoms with E-state index in [1.54, 1.807) is 6.07 Å². The maximum Gasteiger partial charge on any atom is 0.325 e. The molecule has 1 fully saturated rings. The van der Waals surface area contributed by atoms with Crippen molar-refractivity contribution < 1.29 is 14.5 Å². The Morgan fingerprint density at radius 2 is 2.14 bits per heavy atom. The summed E-state index contributed by atoms with van der Waals surface area (Å²) in [5.41, 5.74) is 0.425. The number of rotatable bonds is 5. The fourth-order valence-corrected chi connectivity index (χ4v) is 2.75. The molecule has 112 valence electrons. The highest BCUT2D eigenvalue weighted by molar-refractivity contribution is 9.10. The van der Waals surface area contributed by atoms with Crippen LogP contribution in [0, 0.1) is 10.1 Å². The first-order valence-corrected chi connectivity index (χ1v) is 7.28. The van der Waals surface area contributed by atoms with E-state index in [0.29, 0.717) is 12.0 Å². The summed E-state index contributed by atoms with van der Waals surface area (Å²) >= 11 is 3.16. The van der Waals surface area contributed by atoms with Gasteiger partial charge in [-0.15, -0.1) is 0 Å². The topological polar surface area (TPSA) is 92.6 Å². The third-order valence-electron chi connectivity index (χ3n) is 3.27. The first-order valence-electron chi connectivity index (χ1n) is 6.49. The van der Waals surface area contributed by atoms with E-state index in [-0.39, 0.29) is 22.6 Å². The van der Waals surface area contributed by atoms with Crippen molar-refractivity contribution in [1.82, 2.24) is 10.2 Å². The van der Waals surface area contributed by atoms with Gasteiger partial charge in [-0.2, -0.15) is 0 Å². The number of hydrogen-bond donors (Lipinski definition) is 1. The van der Waals surface area contributed by atoms with Crippen molar-refractivity contribution in [3.8, 4) is 0 Å². The summed E-state index contributed by atoms with van der Waals surface area (Å²) in [6.45, 7) is 1.94. The molecule has 1 atom stereocenters. The number of nitro groups is 1. The summed E-state index contributed by atoms with van der Waals surface area (Å²) in [6.07, 6.45) is 1.36. The van der Waals surface area contributed by atoms with E-state index in [0.717, 1.165) is 11.3 Å². The van der Waals surface area contributed by atoms with E-state index in [4.69, 9.17) is 0 Å².